The molecule has 31 heavy (non-hydrogen) atoms. The predicted octanol–water partition coefficient (Wildman–Crippen LogP) is 7.68. The highest BCUT2D eigenvalue weighted by Crippen LogP contribution is 2.64. The number of benzene rings is 2. The summed E-state index contributed by atoms with van der Waals surface area (Å²) in [5.41, 5.74) is 4.59. The van der Waals surface area contributed by atoms with E-state index in [-0.39, 0.29) is 10.8 Å². The van der Waals surface area contributed by atoms with Crippen molar-refractivity contribution in [2.45, 2.75) is 71.9 Å². The van der Waals surface area contributed by atoms with Gasteiger partial charge in [0, 0.05) is 12.7 Å². The zero-order valence-corrected chi connectivity index (χ0v) is 21.6. The zero-order chi connectivity index (χ0) is 23.4. The maximum absolute atomic E-state index is 14.2. The Morgan fingerprint density at radius 3 is 1.77 bits per heavy atom. The molecule has 0 aliphatic heterocycles. The Balaban J connectivity index is 2.91. The molecule has 0 heterocycles. The molecule has 0 aromatic heterocycles. The second-order valence-corrected chi connectivity index (χ2v) is 12.1. The van der Waals surface area contributed by atoms with Crippen LogP contribution < -0.4 is 5.32 Å². The molecule has 0 amide bonds. The maximum Gasteiger partial charge on any atom is 0.342 e. The van der Waals surface area contributed by atoms with Gasteiger partial charge < -0.3 is 14.4 Å². The monoisotopic (exact) mass is 445 g/mol. The Labute approximate surface area is 189 Å². The fourth-order valence-corrected chi connectivity index (χ4v) is 5.89. The number of anilines is 1. The molecular weight excluding hydrogens is 405 g/mol. The van der Waals surface area contributed by atoms with Gasteiger partial charge in [0.1, 0.15) is 5.66 Å². The molecule has 0 spiro atoms. The third-order valence-electron chi connectivity index (χ3n) is 5.46. The van der Waals surface area contributed by atoms with Gasteiger partial charge in [-0.05, 0) is 53.0 Å². The molecule has 1 unspecified atom stereocenters. The summed E-state index contributed by atoms with van der Waals surface area (Å²) in [6, 6.07) is 14.6. The molecule has 0 saturated heterocycles. The van der Waals surface area contributed by atoms with Crippen LogP contribution in [-0.2, 0) is 24.4 Å². The lowest BCUT2D eigenvalue weighted by atomic mass is 9.79. The van der Waals surface area contributed by atoms with Gasteiger partial charge in [0.25, 0.3) is 0 Å². The van der Waals surface area contributed by atoms with E-state index >= 15 is 0 Å². The lowest BCUT2D eigenvalue weighted by Crippen LogP contribution is -2.19. The van der Waals surface area contributed by atoms with E-state index in [0.717, 1.165) is 16.8 Å². The van der Waals surface area contributed by atoms with E-state index in [1.54, 1.807) is 0 Å². The van der Waals surface area contributed by atoms with Crippen LogP contribution in [0.2, 0.25) is 0 Å². The minimum Gasteiger partial charge on any atom is -0.388 e. The average Bonchev–Trinajstić information content (AvgIpc) is 2.67. The second kappa shape index (κ2) is 9.90. The summed E-state index contributed by atoms with van der Waals surface area (Å²) in [5.74, 6) is 0. The maximum atomic E-state index is 14.2. The van der Waals surface area contributed by atoms with Gasteiger partial charge >= 0.3 is 7.60 Å². The Kier molecular flexibility index (Phi) is 8.19. The van der Waals surface area contributed by atoms with Crippen LogP contribution in [0.4, 0.5) is 5.69 Å². The van der Waals surface area contributed by atoms with Crippen molar-refractivity contribution >= 4 is 13.3 Å². The summed E-state index contributed by atoms with van der Waals surface area (Å²) in [5, 5.41) is 3.26. The van der Waals surface area contributed by atoms with Gasteiger partial charge in [-0.25, -0.2) is 0 Å². The molecule has 0 saturated carbocycles. The highest BCUT2D eigenvalue weighted by atomic mass is 31.2. The average molecular weight is 446 g/mol. The van der Waals surface area contributed by atoms with E-state index in [2.05, 4.69) is 65.1 Å². The molecule has 2 aromatic carbocycles. The lowest BCUT2D eigenvalue weighted by Gasteiger charge is -2.32. The van der Waals surface area contributed by atoms with E-state index < -0.39 is 13.3 Å². The Morgan fingerprint density at radius 1 is 0.871 bits per heavy atom. The topological polar surface area (TPSA) is 47.6 Å². The minimum absolute atomic E-state index is 0.0513. The largest absolute Gasteiger partial charge is 0.388 e. The van der Waals surface area contributed by atoms with Crippen LogP contribution >= 0.6 is 7.60 Å². The van der Waals surface area contributed by atoms with Crippen molar-refractivity contribution in [3.8, 4) is 0 Å². The molecule has 5 heteroatoms. The lowest BCUT2D eigenvalue weighted by molar-refractivity contribution is 0.215. The Hall–Kier alpha value is -1.61. The number of hydrogen-bond donors (Lipinski definition) is 1. The van der Waals surface area contributed by atoms with Gasteiger partial charge in [-0.2, -0.15) is 0 Å². The van der Waals surface area contributed by atoms with Crippen LogP contribution in [-0.4, -0.2) is 20.3 Å². The number of para-hydroxylation sites is 1. The highest BCUT2D eigenvalue weighted by molar-refractivity contribution is 7.54. The molecule has 0 bridgehead atoms. The van der Waals surface area contributed by atoms with Crippen LogP contribution in [0, 0.1) is 0 Å². The summed E-state index contributed by atoms with van der Waals surface area (Å²) in [7, 11) is -1.61. The summed E-state index contributed by atoms with van der Waals surface area (Å²) in [6.07, 6.45) is 0. The van der Waals surface area contributed by atoms with Crippen molar-refractivity contribution in [2.75, 3.05) is 25.6 Å². The van der Waals surface area contributed by atoms with Gasteiger partial charge in [0.15, 0.2) is 0 Å². The first-order valence-corrected chi connectivity index (χ1v) is 12.8. The molecule has 2 rings (SSSR count). The first-order chi connectivity index (χ1) is 14.4. The molecule has 172 valence electrons. The van der Waals surface area contributed by atoms with Crippen molar-refractivity contribution in [3.63, 3.8) is 0 Å². The van der Waals surface area contributed by atoms with Crippen molar-refractivity contribution in [1.29, 1.82) is 0 Å². The molecule has 0 fully saturated rings. The predicted molar refractivity (Wildman–Crippen MR) is 133 cm³/mol. The summed E-state index contributed by atoms with van der Waals surface area (Å²) in [4.78, 5) is 0. The molecule has 0 aliphatic rings. The zero-order valence-electron chi connectivity index (χ0n) is 20.7. The molecule has 0 aliphatic carbocycles. The SMILES string of the molecule is CCOP(=O)(OCC)C(c1cc(C(C)(C)C)cc(C(C)(C)C)c1)c1ccccc1NC. The number of nitrogens with one attached hydrogen (secondary N) is 1. The van der Waals surface area contributed by atoms with Crippen molar-refractivity contribution in [2.24, 2.45) is 0 Å². The van der Waals surface area contributed by atoms with E-state index in [1.807, 2.05) is 45.2 Å². The summed E-state index contributed by atoms with van der Waals surface area (Å²) < 4.78 is 26.0. The van der Waals surface area contributed by atoms with Crippen molar-refractivity contribution in [1.82, 2.24) is 0 Å². The fourth-order valence-electron chi connectivity index (χ4n) is 3.72. The quantitative estimate of drug-likeness (QED) is 0.423. The van der Waals surface area contributed by atoms with Crippen LogP contribution in [0.25, 0.3) is 0 Å². The smallest absolute Gasteiger partial charge is 0.342 e. The van der Waals surface area contributed by atoms with Gasteiger partial charge in [0.2, 0.25) is 0 Å². The number of rotatable bonds is 8. The van der Waals surface area contributed by atoms with Gasteiger partial charge in [-0.15, -0.1) is 0 Å². The molecule has 4 nitrogen and oxygen atoms in total. The first-order valence-electron chi connectivity index (χ1n) is 11.2. The van der Waals surface area contributed by atoms with Gasteiger partial charge in [-0.1, -0.05) is 77.9 Å². The van der Waals surface area contributed by atoms with Crippen LogP contribution in [0.15, 0.2) is 42.5 Å². The first kappa shape index (κ1) is 25.6. The van der Waals surface area contributed by atoms with E-state index in [9.17, 15) is 4.57 Å². The van der Waals surface area contributed by atoms with E-state index in [4.69, 9.17) is 9.05 Å². The fraction of sp³-hybridized carbons (Fsp3) is 0.538. The van der Waals surface area contributed by atoms with Crippen LogP contribution in [0.3, 0.4) is 0 Å². The molecule has 2 aromatic rings. The third-order valence-corrected chi connectivity index (χ3v) is 7.91. The summed E-state index contributed by atoms with van der Waals surface area (Å²) >= 11 is 0. The third kappa shape index (κ3) is 6.00. The van der Waals surface area contributed by atoms with Gasteiger partial charge in [-0.3, -0.25) is 4.57 Å². The van der Waals surface area contributed by atoms with E-state index in [1.165, 1.54) is 11.1 Å². The molecule has 0 radical (unpaired) electrons. The Bertz CT molecular complexity index is 883. The Morgan fingerprint density at radius 2 is 1.35 bits per heavy atom. The van der Waals surface area contributed by atoms with E-state index in [0.29, 0.717) is 13.2 Å². The van der Waals surface area contributed by atoms with Crippen LogP contribution in [0.5, 0.6) is 0 Å². The van der Waals surface area contributed by atoms with Crippen LogP contribution in [0.1, 0.15) is 83.3 Å². The normalized spacial score (nSPS) is 13.8. The van der Waals surface area contributed by atoms with Crippen molar-refractivity contribution in [3.05, 3.63) is 64.7 Å². The molecule has 1 N–H and O–H groups in total. The minimum atomic E-state index is -3.50. The second-order valence-electron chi connectivity index (χ2n) is 9.96. The standard InChI is InChI=1S/C26H40NO3P/c1-10-29-31(28,30-11-2)24(22-14-12-13-15-23(22)27-9)19-16-20(25(3,4)5)18-21(17-19)26(6,7)8/h12-18,24,27H,10-11H2,1-9H3. The highest BCUT2D eigenvalue weighted by Gasteiger charge is 2.40. The van der Waals surface area contributed by atoms with Gasteiger partial charge in [0.05, 0.1) is 13.2 Å². The van der Waals surface area contributed by atoms with Crippen molar-refractivity contribution < 1.29 is 13.6 Å². The number of hydrogen-bond acceptors (Lipinski definition) is 4. The molecular formula is C26H40NO3P. The summed E-state index contributed by atoms with van der Waals surface area (Å²) in [6.45, 7) is 17.6. The molecule has 1 atom stereocenters.